The van der Waals surface area contributed by atoms with Crippen molar-refractivity contribution in [3.8, 4) is 17.2 Å². The van der Waals surface area contributed by atoms with Crippen LogP contribution in [0.3, 0.4) is 0 Å². The van der Waals surface area contributed by atoms with Crippen LogP contribution in [0.2, 0.25) is 5.02 Å². The lowest BCUT2D eigenvalue weighted by atomic mass is 10.1. The van der Waals surface area contributed by atoms with E-state index in [1.54, 1.807) is 67.8 Å². The lowest BCUT2D eigenvalue weighted by molar-refractivity contribution is -0.384. The zero-order valence-electron chi connectivity index (χ0n) is 65.4. The van der Waals surface area contributed by atoms with Gasteiger partial charge in [0.2, 0.25) is 36.3 Å². The van der Waals surface area contributed by atoms with E-state index in [0.29, 0.717) is 105 Å². The maximum Gasteiger partial charge on any atom is 0.328 e. The third-order valence-corrected chi connectivity index (χ3v) is 16.0. The molecule has 0 bridgehead atoms. The average Bonchev–Trinajstić information content (AvgIpc) is 1.69. The van der Waals surface area contributed by atoms with Crippen LogP contribution in [-0.2, 0) is 104 Å². The monoisotopic (exact) mass is 1540 g/mol. The standard InChI is InChI=1S/C17H23NO5.C17H25NO4.C16H22ClNO3.C16H22N2O5.C14H21NO3S/c1-4-13(17(20)21-9-11(2)3)18-16(19)8-12-5-6-14-15(7-12)23-10-22-14;1-5-15(17(20)22-11-12(2)3)18-16(19)10-13-7-6-8-14(9-13)21-4;1-4-14(16(20)21-10-11(2)3)18-15(19)9-12-5-7-13(17)8-6-12;1-4-14(16(20)23-10-11(2)3)17-15(19)9-12-5-7-13(8-6-12)18(21)22;1-4-12(14(17)18-8-10(2)3)15-13(16)7-11-5-6-19-9-11/h5-7,11,13H,4,8-10H2,1-3H3,(H,18,19);6-9,12,15H,5,10-11H2,1-4H3,(H,18,19);5-8,11,14H,4,9-10H2,1-3H3,(H,18,19);5-8,11,14H,4,9-10H2,1-3H3,(H,17,19);5-6,9-10,12H,4,7-8H2,1-3H3,(H,15,16). The Balaban J connectivity index is 0.000000459. The Morgan fingerprint density at radius 3 is 1.06 bits per heavy atom. The molecule has 596 valence electrons. The van der Waals surface area contributed by atoms with Crippen LogP contribution in [0.5, 0.6) is 17.2 Å². The summed E-state index contributed by atoms with van der Waals surface area (Å²) in [6, 6.07) is 24.3. The lowest BCUT2D eigenvalue weighted by Crippen LogP contribution is -2.42. The molecule has 0 spiro atoms. The molecule has 4 aromatic carbocycles. The number of benzene rings is 4. The Kier molecular flexibility index (Phi) is 45.8. The highest BCUT2D eigenvalue weighted by atomic mass is 35.5. The second-order valence-electron chi connectivity index (χ2n) is 27.4. The number of nitro groups is 1. The van der Waals surface area contributed by atoms with Gasteiger partial charge in [-0.1, -0.05) is 158 Å². The Bertz CT molecular complexity index is 3570. The van der Waals surface area contributed by atoms with E-state index in [4.69, 9.17) is 49.5 Å². The van der Waals surface area contributed by atoms with Crippen molar-refractivity contribution in [3.05, 3.63) is 151 Å². The van der Waals surface area contributed by atoms with Gasteiger partial charge in [-0.25, -0.2) is 24.0 Å². The van der Waals surface area contributed by atoms with Gasteiger partial charge in [0, 0.05) is 17.2 Å². The molecule has 28 heteroatoms. The molecule has 1 aliphatic rings. The minimum absolute atomic E-state index is 0.0298. The maximum absolute atomic E-state index is 12.1. The van der Waals surface area contributed by atoms with Crippen LogP contribution in [0.25, 0.3) is 0 Å². The van der Waals surface area contributed by atoms with E-state index in [-0.39, 0.29) is 115 Å². The third kappa shape index (κ3) is 40.4. The maximum atomic E-state index is 12.1. The molecule has 0 fully saturated rings. The fraction of sp³-hybridized carbons (Fsp3) is 0.525. The molecule has 5 aromatic rings. The summed E-state index contributed by atoms with van der Waals surface area (Å²) < 4.78 is 41.4. The number of ether oxygens (including phenoxy) is 8. The first kappa shape index (κ1) is 94.5. The third-order valence-electron chi connectivity index (χ3n) is 15.0. The van der Waals surface area contributed by atoms with E-state index < -0.39 is 41.1 Å². The number of carbonyl (C=O) groups is 10. The summed E-state index contributed by atoms with van der Waals surface area (Å²) in [7, 11) is 1.58. The molecule has 6 rings (SSSR count). The smallest absolute Gasteiger partial charge is 0.328 e. The average molecular weight is 1550 g/mol. The van der Waals surface area contributed by atoms with Crippen molar-refractivity contribution in [2.24, 2.45) is 29.6 Å². The van der Waals surface area contributed by atoms with Crippen LogP contribution in [-0.4, -0.2) is 141 Å². The van der Waals surface area contributed by atoms with E-state index in [9.17, 15) is 58.1 Å². The minimum Gasteiger partial charge on any atom is -0.497 e. The topological polar surface area (TPSA) is 348 Å². The van der Waals surface area contributed by atoms with Gasteiger partial charge in [-0.3, -0.25) is 34.1 Å². The van der Waals surface area contributed by atoms with Crippen molar-refractivity contribution in [3.63, 3.8) is 0 Å². The first-order chi connectivity index (χ1) is 51.2. The van der Waals surface area contributed by atoms with Gasteiger partial charge in [0.05, 0.1) is 77.2 Å². The summed E-state index contributed by atoms with van der Waals surface area (Å²) >= 11 is 7.35. The van der Waals surface area contributed by atoms with Crippen molar-refractivity contribution in [1.29, 1.82) is 0 Å². The van der Waals surface area contributed by atoms with E-state index >= 15 is 0 Å². The van der Waals surface area contributed by atoms with Gasteiger partial charge in [-0.2, -0.15) is 11.3 Å². The number of amides is 5. The van der Waals surface area contributed by atoms with E-state index in [1.165, 1.54) is 24.3 Å². The molecule has 5 atom stereocenters. The minimum atomic E-state index is -0.681. The van der Waals surface area contributed by atoms with E-state index in [2.05, 4.69) is 26.6 Å². The van der Waals surface area contributed by atoms with Crippen molar-refractivity contribution < 1.29 is 90.8 Å². The summed E-state index contributed by atoms with van der Waals surface area (Å²) in [5, 5.41) is 28.6. The van der Waals surface area contributed by atoms with Crippen molar-refractivity contribution in [2.45, 2.75) is 198 Å². The molecule has 108 heavy (non-hydrogen) atoms. The number of nitrogens with one attached hydrogen (secondary N) is 5. The van der Waals surface area contributed by atoms with Gasteiger partial charge in [0.25, 0.3) is 5.69 Å². The number of esters is 5. The number of methoxy groups -OCH3 is 1. The number of hydrogen-bond donors (Lipinski definition) is 5. The molecule has 2 heterocycles. The molecular formula is C80H113ClN6O20S. The number of hydrogen-bond acceptors (Lipinski definition) is 21. The van der Waals surface area contributed by atoms with Crippen LogP contribution in [0.1, 0.15) is 164 Å². The number of halogens is 1. The molecule has 26 nitrogen and oxygen atoms in total. The summed E-state index contributed by atoms with van der Waals surface area (Å²) in [5.74, 6) is 0.300. The Morgan fingerprint density at radius 2 is 0.741 bits per heavy atom. The zero-order chi connectivity index (χ0) is 80.8. The fourth-order valence-electron chi connectivity index (χ4n) is 9.10. The number of thiophene rings is 1. The van der Waals surface area contributed by atoms with Crippen molar-refractivity contribution >= 4 is 88.0 Å². The van der Waals surface area contributed by atoms with Crippen LogP contribution in [0.4, 0.5) is 5.69 Å². The Morgan fingerprint density at radius 1 is 0.426 bits per heavy atom. The van der Waals surface area contributed by atoms with Crippen molar-refractivity contribution in [2.75, 3.05) is 46.9 Å². The molecule has 0 aliphatic carbocycles. The number of rotatable bonds is 37. The lowest BCUT2D eigenvalue weighted by Gasteiger charge is -2.17. The predicted molar refractivity (Wildman–Crippen MR) is 413 cm³/mol. The number of carbonyl (C=O) groups excluding carboxylic acids is 10. The number of nitrogens with zero attached hydrogens (tertiary/aromatic N) is 1. The van der Waals surface area contributed by atoms with Gasteiger partial charge in [-0.15, -0.1) is 0 Å². The predicted octanol–water partition coefficient (Wildman–Crippen LogP) is 12.0. The molecule has 0 saturated carbocycles. The fourth-order valence-corrected chi connectivity index (χ4v) is 9.90. The molecule has 5 amide bonds. The van der Waals surface area contributed by atoms with E-state index in [1.807, 2.05) is 138 Å². The number of nitro benzene ring substituents is 1. The molecule has 5 unspecified atom stereocenters. The van der Waals surface area contributed by atoms with Gasteiger partial charge in [0.15, 0.2) is 11.5 Å². The largest absolute Gasteiger partial charge is 0.497 e. The zero-order valence-corrected chi connectivity index (χ0v) is 67.0. The molecule has 0 saturated heterocycles. The molecule has 1 aliphatic heterocycles. The van der Waals surface area contributed by atoms with Gasteiger partial charge >= 0.3 is 29.8 Å². The summed E-state index contributed by atoms with van der Waals surface area (Å²) in [4.78, 5) is 129. The van der Waals surface area contributed by atoms with Gasteiger partial charge < -0.3 is 64.5 Å². The van der Waals surface area contributed by atoms with Gasteiger partial charge in [0.1, 0.15) is 36.0 Å². The second kappa shape index (κ2) is 52.4. The number of fused-ring (bicyclic) bond motifs is 1. The molecule has 1 aromatic heterocycles. The Labute approximate surface area is 645 Å². The highest BCUT2D eigenvalue weighted by molar-refractivity contribution is 7.08. The quantitative estimate of drug-likeness (QED) is 0.0107. The SMILES string of the molecule is CCC(NC(=O)Cc1ccc(Cl)cc1)C(=O)OCC(C)C.CCC(NC(=O)Cc1ccc([N+](=O)[O-])cc1)C(=O)OCC(C)C.CCC(NC(=O)Cc1ccc2c(c1)OCO2)C(=O)OCC(C)C.CCC(NC(=O)Cc1cccc(OC)c1)C(=O)OCC(C)C.CCC(NC(=O)Cc1ccsc1)C(=O)OCC(C)C. The molecule has 0 radical (unpaired) electrons. The highest BCUT2D eigenvalue weighted by Gasteiger charge is 2.26. The van der Waals surface area contributed by atoms with E-state index in [0.717, 1.165) is 22.3 Å². The van der Waals surface area contributed by atoms with Crippen LogP contribution in [0.15, 0.2) is 108 Å². The van der Waals surface area contributed by atoms with Crippen LogP contribution >= 0.6 is 22.9 Å². The summed E-state index contributed by atoms with van der Waals surface area (Å²) in [6.45, 7) is 30.7. The summed E-state index contributed by atoms with van der Waals surface area (Å²) in [6.07, 6.45) is 3.40. The summed E-state index contributed by atoms with van der Waals surface area (Å²) in [5.41, 5.74) is 4.06. The highest BCUT2D eigenvalue weighted by Crippen LogP contribution is 2.32. The first-order valence-corrected chi connectivity index (χ1v) is 37.8. The first-order valence-electron chi connectivity index (χ1n) is 36.5. The second-order valence-corrected chi connectivity index (χ2v) is 28.6. The van der Waals surface area contributed by atoms with Crippen LogP contribution in [0, 0.1) is 39.7 Å². The Hall–Kier alpha value is -9.63. The normalized spacial score (nSPS) is 12.4. The molecule has 5 N–H and O–H groups in total. The number of non-ortho nitro benzene ring substituents is 1. The van der Waals surface area contributed by atoms with Gasteiger partial charge in [-0.05, 0) is 143 Å². The molecular weight excluding hydrogens is 1430 g/mol. The van der Waals surface area contributed by atoms with Crippen molar-refractivity contribution in [1.82, 2.24) is 26.6 Å². The van der Waals surface area contributed by atoms with Crippen LogP contribution < -0.4 is 40.8 Å².